The Labute approximate surface area is 120 Å². The van der Waals surface area contributed by atoms with Crippen molar-refractivity contribution in [2.45, 2.75) is 50.6 Å². The molecule has 1 aliphatic carbocycles. The molecule has 0 amide bonds. The maximum Gasteiger partial charge on any atom is 0.0640 e. The quantitative estimate of drug-likeness (QED) is 0.908. The molecule has 0 aromatic carbocycles. The molecule has 2 N–H and O–H groups in total. The lowest BCUT2D eigenvalue weighted by Crippen LogP contribution is -2.26. The minimum atomic E-state index is 0.103. The molecule has 0 saturated heterocycles. The van der Waals surface area contributed by atoms with Crippen LogP contribution >= 0.6 is 0 Å². The molecule has 106 valence electrons. The molecule has 1 fully saturated rings. The van der Waals surface area contributed by atoms with Crippen LogP contribution < -0.4 is 5.73 Å². The van der Waals surface area contributed by atoms with Gasteiger partial charge in [0.1, 0.15) is 0 Å². The number of pyridine rings is 1. The molecule has 2 aromatic heterocycles. The molecule has 1 atom stereocenters. The highest BCUT2D eigenvalue weighted by atomic mass is 15.3. The van der Waals surface area contributed by atoms with Crippen molar-refractivity contribution in [1.82, 2.24) is 14.8 Å². The van der Waals surface area contributed by atoms with Gasteiger partial charge < -0.3 is 5.73 Å². The van der Waals surface area contributed by atoms with Crippen molar-refractivity contribution in [3.05, 3.63) is 48.0 Å². The van der Waals surface area contributed by atoms with Gasteiger partial charge in [-0.25, -0.2) is 0 Å². The van der Waals surface area contributed by atoms with E-state index in [4.69, 9.17) is 10.8 Å². The van der Waals surface area contributed by atoms with Crippen molar-refractivity contribution < 1.29 is 0 Å². The van der Waals surface area contributed by atoms with Crippen LogP contribution in [-0.4, -0.2) is 20.8 Å². The van der Waals surface area contributed by atoms with Gasteiger partial charge in [-0.15, -0.1) is 0 Å². The zero-order chi connectivity index (χ0) is 13.8. The summed E-state index contributed by atoms with van der Waals surface area (Å²) in [4.78, 5) is 4.13. The second-order valence-electron chi connectivity index (χ2n) is 5.75. The molecule has 1 saturated carbocycles. The summed E-state index contributed by atoms with van der Waals surface area (Å²) >= 11 is 0. The first-order chi connectivity index (χ1) is 9.81. The maximum atomic E-state index is 6.22. The van der Waals surface area contributed by atoms with E-state index in [9.17, 15) is 0 Å². The van der Waals surface area contributed by atoms with Gasteiger partial charge in [0.15, 0.2) is 0 Å². The Balaban J connectivity index is 1.57. The van der Waals surface area contributed by atoms with Crippen LogP contribution in [0.15, 0.2) is 36.8 Å². The number of hydrogen-bond acceptors (Lipinski definition) is 3. The number of nitrogens with two attached hydrogens (primary N) is 1. The summed E-state index contributed by atoms with van der Waals surface area (Å²) in [6.07, 6.45) is 12.7. The van der Waals surface area contributed by atoms with Crippen LogP contribution in [0.1, 0.15) is 43.0 Å². The number of hydrogen-bond donors (Lipinski definition) is 1. The molecule has 1 aliphatic rings. The summed E-state index contributed by atoms with van der Waals surface area (Å²) < 4.78 is 2.14. The first-order valence-corrected chi connectivity index (χ1v) is 7.50. The van der Waals surface area contributed by atoms with Crippen LogP contribution in [0.3, 0.4) is 0 Å². The van der Waals surface area contributed by atoms with Gasteiger partial charge in [-0.2, -0.15) is 5.10 Å². The van der Waals surface area contributed by atoms with Crippen LogP contribution in [0.4, 0.5) is 0 Å². The highest BCUT2D eigenvalue weighted by Gasteiger charge is 2.18. The largest absolute Gasteiger partial charge is 0.327 e. The molecule has 20 heavy (non-hydrogen) atoms. The van der Waals surface area contributed by atoms with Crippen molar-refractivity contribution in [2.24, 2.45) is 5.73 Å². The van der Waals surface area contributed by atoms with E-state index in [1.54, 1.807) is 6.20 Å². The summed E-state index contributed by atoms with van der Waals surface area (Å²) in [5, 5.41) is 4.69. The molecule has 0 radical (unpaired) electrons. The fraction of sp³-hybridized carbons (Fsp3) is 0.500. The summed E-state index contributed by atoms with van der Waals surface area (Å²) in [6, 6.07) is 6.85. The van der Waals surface area contributed by atoms with E-state index in [2.05, 4.69) is 28.0 Å². The minimum Gasteiger partial charge on any atom is -0.327 e. The second-order valence-corrected chi connectivity index (χ2v) is 5.75. The molecular weight excluding hydrogens is 248 g/mol. The van der Waals surface area contributed by atoms with E-state index < -0.39 is 0 Å². The molecule has 4 nitrogen and oxygen atoms in total. The lowest BCUT2D eigenvalue weighted by molar-refractivity contribution is 0.461. The van der Waals surface area contributed by atoms with E-state index >= 15 is 0 Å². The fourth-order valence-electron chi connectivity index (χ4n) is 3.02. The van der Waals surface area contributed by atoms with Gasteiger partial charge in [-0.3, -0.25) is 9.67 Å². The van der Waals surface area contributed by atoms with Gasteiger partial charge in [-0.1, -0.05) is 18.9 Å². The van der Waals surface area contributed by atoms with Gasteiger partial charge in [0.25, 0.3) is 0 Å². The molecule has 0 aliphatic heterocycles. The average Bonchev–Trinajstić information content (AvgIpc) is 3.10. The van der Waals surface area contributed by atoms with Crippen molar-refractivity contribution >= 4 is 0 Å². The molecule has 3 rings (SSSR count). The van der Waals surface area contributed by atoms with Crippen LogP contribution in [0, 0.1) is 0 Å². The van der Waals surface area contributed by atoms with Crippen molar-refractivity contribution in [3.63, 3.8) is 0 Å². The fourth-order valence-corrected chi connectivity index (χ4v) is 3.02. The van der Waals surface area contributed by atoms with E-state index in [-0.39, 0.29) is 6.04 Å². The zero-order valence-corrected chi connectivity index (χ0v) is 11.8. The van der Waals surface area contributed by atoms with Crippen LogP contribution in [-0.2, 0) is 12.8 Å². The Morgan fingerprint density at radius 3 is 2.85 bits per heavy atom. The van der Waals surface area contributed by atoms with Crippen LogP contribution in [0.5, 0.6) is 0 Å². The van der Waals surface area contributed by atoms with Gasteiger partial charge >= 0.3 is 0 Å². The topological polar surface area (TPSA) is 56.7 Å². The number of aromatic nitrogens is 3. The van der Waals surface area contributed by atoms with E-state index in [0.29, 0.717) is 6.04 Å². The standard InChI is InChI=1S/C16H22N4/c17-14(10-13-4-3-8-18-12-13)11-15-7-9-20(19-15)16-5-1-2-6-16/h3-4,7-9,12,14,16H,1-2,5-6,10-11,17H2. The van der Waals surface area contributed by atoms with Crippen molar-refractivity contribution in [2.75, 3.05) is 0 Å². The third-order valence-corrected chi connectivity index (χ3v) is 4.05. The SMILES string of the molecule is NC(Cc1cccnc1)Cc1ccn(C2CCCC2)n1. The summed E-state index contributed by atoms with van der Waals surface area (Å²) in [6.45, 7) is 0. The monoisotopic (exact) mass is 270 g/mol. The van der Waals surface area contributed by atoms with Crippen LogP contribution in [0.25, 0.3) is 0 Å². The smallest absolute Gasteiger partial charge is 0.0640 e. The molecular formula is C16H22N4. The highest BCUT2D eigenvalue weighted by Crippen LogP contribution is 2.28. The minimum absolute atomic E-state index is 0.103. The number of rotatable bonds is 5. The van der Waals surface area contributed by atoms with Gasteiger partial charge in [-0.05, 0) is 37.0 Å². The molecule has 0 bridgehead atoms. The molecule has 2 heterocycles. The average molecular weight is 270 g/mol. The predicted molar refractivity (Wildman–Crippen MR) is 79.4 cm³/mol. The van der Waals surface area contributed by atoms with Crippen molar-refractivity contribution in [3.8, 4) is 0 Å². The molecule has 2 aromatic rings. The predicted octanol–water partition coefficient (Wildman–Crippen LogP) is 2.51. The summed E-state index contributed by atoms with van der Waals surface area (Å²) in [7, 11) is 0. The Hall–Kier alpha value is -1.68. The van der Waals surface area contributed by atoms with Crippen molar-refractivity contribution in [1.29, 1.82) is 0 Å². The Kier molecular flexibility index (Phi) is 4.11. The van der Waals surface area contributed by atoms with E-state index in [0.717, 1.165) is 18.5 Å². The van der Waals surface area contributed by atoms with Crippen LogP contribution in [0.2, 0.25) is 0 Å². The first-order valence-electron chi connectivity index (χ1n) is 7.50. The Bertz CT molecular complexity index is 528. The first kappa shape index (κ1) is 13.3. The van der Waals surface area contributed by atoms with Gasteiger partial charge in [0, 0.05) is 31.1 Å². The molecule has 0 spiro atoms. The van der Waals surface area contributed by atoms with E-state index in [1.165, 1.54) is 31.2 Å². The normalized spacial score (nSPS) is 17.4. The summed E-state index contributed by atoms with van der Waals surface area (Å²) in [5.41, 5.74) is 8.52. The Morgan fingerprint density at radius 1 is 1.25 bits per heavy atom. The van der Waals surface area contributed by atoms with Gasteiger partial charge in [0.2, 0.25) is 0 Å². The molecule has 1 unspecified atom stereocenters. The Morgan fingerprint density at radius 2 is 2.10 bits per heavy atom. The highest BCUT2D eigenvalue weighted by molar-refractivity contribution is 5.11. The zero-order valence-electron chi connectivity index (χ0n) is 11.8. The third-order valence-electron chi connectivity index (χ3n) is 4.05. The van der Waals surface area contributed by atoms with E-state index in [1.807, 2.05) is 12.3 Å². The lowest BCUT2D eigenvalue weighted by atomic mass is 10.0. The number of nitrogens with zero attached hydrogens (tertiary/aromatic N) is 3. The summed E-state index contributed by atoms with van der Waals surface area (Å²) in [5.74, 6) is 0. The van der Waals surface area contributed by atoms with Gasteiger partial charge in [0.05, 0.1) is 11.7 Å². The second kappa shape index (κ2) is 6.18. The third kappa shape index (κ3) is 3.25. The maximum absolute atomic E-state index is 6.22. The molecule has 4 heteroatoms. The lowest BCUT2D eigenvalue weighted by Gasteiger charge is -2.11.